The van der Waals surface area contributed by atoms with Gasteiger partial charge >= 0.3 is 0 Å². The fourth-order valence-electron chi connectivity index (χ4n) is 2.43. The summed E-state index contributed by atoms with van der Waals surface area (Å²) in [4.78, 5) is 11.5. The van der Waals surface area contributed by atoms with Crippen LogP contribution < -0.4 is 10.1 Å². The normalized spacial score (nSPS) is 10.9. The van der Waals surface area contributed by atoms with Crippen molar-refractivity contribution in [3.63, 3.8) is 0 Å². The molecule has 6 nitrogen and oxygen atoms in total. The van der Waals surface area contributed by atoms with Crippen LogP contribution in [-0.2, 0) is 11.4 Å². The fraction of sp³-hybridized carbons (Fsp3) is 0.471. The summed E-state index contributed by atoms with van der Waals surface area (Å²) in [6.45, 7) is 4.52. The predicted octanol–water partition coefficient (Wildman–Crippen LogP) is 3.71. The summed E-state index contributed by atoms with van der Waals surface area (Å²) in [5.74, 6) is 1.61. The molecule has 0 atom stereocenters. The number of amides is 1. The fourth-order valence-corrected chi connectivity index (χ4v) is 3.52. The summed E-state index contributed by atoms with van der Waals surface area (Å²) in [5.41, 5.74) is 0. The van der Waals surface area contributed by atoms with Gasteiger partial charge in [-0.15, -0.1) is 10.2 Å². The van der Waals surface area contributed by atoms with Crippen molar-refractivity contribution in [2.24, 2.45) is 0 Å². The Morgan fingerprint density at radius 1 is 1.32 bits per heavy atom. The number of para-hydroxylation sites is 1. The third kappa shape index (κ3) is 5.12. The van der Waals surface area contributed by atoms with E-state index in [0.717, 1.165) is 23.8 Å². The quantitative estimate of drug-likeness (QED) is 0.669. The SMILES string of the molecule is CCC(CC)n1c(COc2ccccc2Cl)nnc1SCC(=O)NC. The number of rotatable bonds is 9. The van der Waals surface area contributed by atoms with E-state index in [2.05, 4.69) is 33.9 Å². The molecular weight excluding hydrogens is 360 g/mol. The second-order valence-electron chi connectivity index (χ2n) is 5.42. The number of nitrogens with zero attached hydrogens (tertiary/aromatic N) is 3. The average Bonchev–Trinajstić information content (AvgIpc) is 3.03. The number of ether oxygens (including phenoxy) is 1. The number of thioether (sulfide) groups is 1. The van der Waals surface area contributed by atoms with E-state index in [-0.39, 0.29) is 18.6 Å². The summed E-state index contributed by atoms with van der Waals surface area (Å²) in [6.07, 6.45) is 1.89. The maximum Gasteiger partial charge on any atom is 0.230 e. The monoisotopic (exact) mass is 382 g/mol. The van der Waals surface area contributed by atoms with Crippen molar-refractivity contribution in [2.45, 2.75) is 44.5 Å². The second kappa shape index (κ2) is 9.68. The van der Waals surface area contributed by atoms with Crippen molar-refractivity contribution in [1.29, 1.82) is 0 Å². The minimum absolute atomic E-state index is 0.0436. The Kier molecular flexibility index (Phi) is 7.58. The van der Waals surface area contributed by atoms with Crippen LogP contribution in [0.3, 0.4) is 0 Å². The first-order valence-electron chi connectivity index (χ1n) is 8.25. The molecular formula is C17H23ClN4O2S. The standard InChI is InChI=1S/C17H23ClN4O2S/c1-4-12(5-2)22-15(10-24-14-9-7-6-8-13(14)18)20-21-17(22)25-11-16(23)19-3/h6-9,12H,4-5,10-11H2,1-3H3,(H,19,23). The highest BCUT2D eigenvalue weighted by Crippen LogP contribution is 2.28. The van der Waals surface area contributed by atoms with Gasteiger partial charge in [0, 0.05) is 13.1 Å². The van der Waals surface area contributed by atoms with Crippen LogP contribution in [-0.4, -0.2) is 33.5 Å². The zero-order chi connectivity index (χ0) is 18.2. The topological polar surface area (TPSA) is 69.0 Å². The first-order chi connectivity index (χ1) is 12.1. The van der Waals surface area contributed by atoms with Gasteiger partial charge in [0.05, 0.1) is 10.8 Å². The van der Waals surface area contributed by atoms with Gasteiger partial charge in [-0.2, -0.15) is 0 Å². The average molecular weight is 383 g/mol. The Morgan fingerprint density at radius 2 is 2.04 bits per heavy atom. The molecule has 1 aromatic heterocycles. The number of hydrogen-bond donors (Lipinski definition) is 1. The zero-order valence-electron chi connectivity index (χ0n) is 14.7. The third-order valence-electron chi connectivity index (χ3n) is 3.85. The van der Waals surface area contributed by atoms with Crippen LogP contribution >= 0.6 is 23.4 Å². The van der Waals surface area contributed by atoms with E-state index < -0.39 is 0 Å². The lowest BCUT2D eigenvalue weighted by Crippen LogP contribution is -2.20. The molecule has 1 amide bonds. The van der Waals surface area contributed by atoms with Gasteiger partial charge in [-0.25, -0.2) is 0 Å². The molecule has 0 unspecified atom stereocenters. The maximum absolute atomic E-state index is 11.5. The van der Waals surface area contributed by atoms with Gasteiger partial charge in [-0.05, 0) is 25.0 Å². The van der Waals surface area contributed by atoms with Crippen LogP contribution in [0.4, 0.5) is 0 Å². The highest BCUT2D eigenvalue weighted by molar-refractivity contribution is 7.99. The number of nitrogens with one attached hydrogen (secondary N) is 1. The van der Waals surface area contributed by atoms with Crippen LogP contribution in [0, 0.1) is 0 Å². The predicted molar refractivity (Wildman–Crippen MR) is 100 cm³/mol. The van der Waals surface area contributed by atoms with Gasteiger partial charge in [0.1, 0.15) is 12.4 Å². The van der Waals surface area contributed by atoms with Gasteiger partial charge in [0.15, 0.2) is 11.0 Å². The second-order valence-corrected chi connectivity index (χ2v) is 6.77. The highest BCUT2D eigenvalue weighted by atomic mass is 35.5. The molecule has 0 fully saturated rings. The van der Waals surface area contributed by atoms with E-state index in [1.54, 1.807) is 13.1 Å². The molecule has 2 aromatic rings. The smallest absolute Gasteiger partial charge is 0.230 e. The molecule has 0 aliphatic rings. The minimum atomic E-state index is -0.0436. The zero-order valence-corrected chi connectivity index (χ0v) is 16.2. The summed E-state index contributed by atoms with van der Waals surface area (Å²) in [5, 5.41) is 12.4. The number of carbonyl (C=O) groups excluding carboxylic acids is 1. The number of benzene rings is 1. The van der Waals surface area contributed by atoms with Gasteiger partial charge in [0.2, 0.25) is 5.91 Å². The van der Waals surface area contributed by atoms with Gasteiger partial charge < -0.3 is 14.6 Å². The van der Waals surface area contributed by atoms with Crippen molar-refractivity contribution in [3.8, 4) is 5.75 Å². The lowest BCUT2D eigenvalue weighted by molar-refractivity contribution is -0.118. The van der Waals surface area contributed by atoms with Crippen LogP contribution in [0.25, 0.3) is 0 Å². The molecule has 1 N–H and O–H groups in total. The van der Waals surface area contributed by atoms with Crippen LogP contribution in [0.15, 0.2) is 29.4 Å². The van der Waals surface area contributed by atoms with Crippen LogP contribution in [0.2, 0.25) is 5.02 Å². The number of carbonyl (C=O) groups is 1. The number of aromatic nitrogens is 3. The minimum Gasteiger partial charge on any atom is -0.484 e. The first kappa shape index (κ1) is 19.6. The molecule has 0 bridgehead atoms. The lowest BCUT2D eigenvalue weighted by Gasteiger charge is -2.19. The van der Waals surface area contributed by atoms with Crippen LogP contribution in [0.1, 0.15) is 38.6 Å². The molecule has 2 rings (SSSR count). The Morgan fingerprint density at radius 3 is 2.68 bits per heavy atom. The van der Waals surface area contributed by atoms with E-state index in [4.69, 9.17) is 16.3 Å². The van der Waals surface area contributed by atoms with Crippen molar-refractivity contribution in [2.75, 3.05) is 12.8 Å². The molecule has 0 saturated carbocycles. The largest absolute Gasteiger partial charge is 0.484 e. The van der Waals surface area contributed by atoms with E-state index >= 15 is 0 Å². The Hall–Kier alpha value is -1.73. The lowest BCUT2D eigenvalue weighted by atomic mass is 10.2. The number of hydrogen-bond acceptors (Lipinski definition) is 5. The molecule has 136 valence electrons. The van der Waals surface area contributed by atoms with Gasteiger partial charge in [0.25, 0.3) is 0 Å². The first-order valence-corrected chi connectivity index (χ1v) is 9.61. The number of halogens is 1. The summed E-state index contributed by atoms with van der Waals surface area (Å²) in [7, 11) is 1.62. The van der Waals surface area contributed by atoms with Gasteiger partial charge in [-0.3, -0.25) is 4.79 Å². The molecule has 0 radical (unpaired) electrons. The third-order valence-corrected chi connectivity index (χ3v) is 5.10. The summed E-state index contributed by atoms with van der Waals surface area (Å²) >= 11 is 7.52. The van der Waals surface area contributed by atoms with E-state index in [9.17, 15) is 4.79 Å². The van der Waals surface area contributed by atoms with Crippen molar-refractivity contribution >= 4 is 29.3 Å². The van der Waals surface area contributed by atoms with Crippen molar-refractivity contribution < 1.29 is 9.53 Å². The Bertz CT molecular complexity index is 704. The molecule has 1 aromatic carbocycles. The van der Waals surface area contributed by atoms with E-state index in [1.165, 1.54) is 11.8 Å². The van der Waals surface area contributed by atoms with Crippen LogP contribution in [0.5, 0.6) is 5.75 Å². The summed E-state index contributed by atoms with van der Waals surface area (Å²) in [6, 6.07) is 7.59. The molecule has 25 heavy (non-hydrogen) atoms. The Balaban J connectivity index is 2.20. The van der Waals surface area contributed by atoms with E-state index in [0.29, 0.717) is 16.5 Å². The molecule has 0 aliphatic heterocycles. The molecule has 1 heterocycles. The maximum atomic E-state index is 11.5. The highest BCUT2D eigenvalue weighted by Gasteiger charge is 2.20. The van der Waals surface area contributed by atoms with Gasteiger partial charge in [-0.1, -0.05) is 49.3 Å². The Labute approximate surface area is 157 Å². The molecule has 0 saturated heterocycles. The van der Waals surface area contributed by atoms with E-state index in [1.807, 2.05) is 18.2 Å². The molecule has 0 spiro atoms. The summed E-state index contributed by atoms with van der Waals surface area (Å²) < 4.78 is 7.89. The molecule has 8 heteroatoms. The van der Waals surface area contributed by atoms with Crippen molar-refractivity contribution in [1.82, 2.24) is 20.1 Å². The molecule has 0 aliphatic carbocycles. The van der Waals surface area contributed by atoms with Crippen molar-refractivity contribution in [3.05, 3.63) is 35.1 Å².